The van der Waals surface area contributed by atoms with E-state index in [1.807, 2.05) is 6.92 Å². The first-order chi connectivity index (χ1) is 7.24. The fourth-order valence-corrected chi connectivity index (χ4v) is 1.54. The van der Waals surface area contributed by atoms with Crippen LogP contribution in [-0.2, 0) is 4.79 Å². The first-order valence-corrected chi connectivity index (χ1v) is 6.25. The van der Waals surface area contributed by atoms with Crippen LogP contribution in [-0.4, -0.2) is 25.0 Å². The monoisotopic (exact) mass is 212 g/mol. The largest absolute Gasteiger partial charge is 0.355 e. The van der Waals surface area contributed by atoms with Gasteiger partial charge in [-0.2, -0.15) is 0 Å². The lowest BCUT2D eigenvalue weighted by Gasteiger charge is -2.13. The van der Waals surface area contributed by atoms with E-state index in [0.717, 1.165) is 31.8 Å². The summed E-state index contributed by atoms with van der Waals surface area (Å²) < 4.78 is 0. The molecule has 1 aliphatic carbocycles. The lowest BCUT2D eigenvalue weighted by Crippen LogP contribution is -2.42. The summed E-state index contributed by atoms with van der Waals surface area (Å²) in [7, 11) is 0. The van der Waals surface area contributed by atoms with Crippen LogP contribution < -0.4 is 10.6 Å². The summed E-state index contributed by atoms with van der Waals surface area (Å²) >= 11 is 0. The van der Waals surface area contributed by atoms with Gasteiger partial charge < -0.3 is 10.6 Å². The van der Waals surface area contributed by atoms with E-state index in [0.29, 0.717) is 0 Å². The predicted octanol–water partition coefficient (Wildman–Crippen LogP) is 1.68. The predicted molar refractivity (Wildman–Crippen MR) is 62.7 cm³/mol. The van der Waals surface area contributed by atoms with Gasteiger partial charge in [0, 0.05) is 6.54 Å². The molecule has 1 unspecified atom stereocenters. The summed E-state index contributed by atoms with van der Waals surface area (Å²) in [6.45, 7) is 5.86. The van der Waals surface area contributed by atoms with Crippen LogP contribution in [0.3, 0.4) is 0 Å². The topological polar surface area (TPSA) is 41.1 Å². The summed E-state index contributed by atoms with van der Waals surface area (Å²) in [5, 5.41) is 6.20. The molecule has 1 atom stereocenters. The van der Waals surface area contributed by atoms with Crippen molar-refractivity contribution >= 4 is 5.91 Å². The van der Waals surface area contributed by atoms with E-state index in [4.69, 9.17) is 0 Å². The van der Waals surface area contributed by atoms with Crippen molar-refractivity contribution in [3.8, 4) is 0 Å². The molecule has 1 rings (SSSR count). The van der Waals surface area contributed by atoms with Crippen molar-refractivity contribution < 1.29 is 4.79 Å². The second-order valence-electron chi connectivity index (χ2n) is 4.55. The van der Waals surface area contributed by atoms with Crippen LogP contribution in [0.25, 0.3) is 0 Å². The second-order valence-corrected chi connectivity index (χ2v) is 4.55. The van der Waals surface area contributed by atoms with Gasteiger partial charge in [0.05, 0.1) is 6.04 Å². The fraction of sp³-hybridized carbons (Fsp3) is 0.917. The number of nitrogens with one attached hydrogen (secondary N) is 2. The van der Waals surface area contributed by atoms with E-state index in [-0.39, 0.29) is 11.9 Å². The van der Waals surface area contributed by atoms with E-state index in [9.17, 15) is 4.79 Å². The van der Waals surface area contributed by atoms with E-state index in [2.05, 4.69) is 17.6 Å². The standard InChI is InChI=1S/C12H24N2O/c1-3-4-8-14-12(15)10(2)13-9-7-11-5-6-11/h10-11,13H,3-9H2,1-2H3,(H,14,15). The maximum atomic E-state index is 11.5. The van der Waals surface area contributed by atoms with Crippen LogP contribution in [0, 0.1) is 5.92 Å². The van der Waals surface area contributed by atoms with Crippen molar-refractivity contribution in [3.63, 3.8) is 0 Å². The van der Waals surface area contributed by atoms with Gasteiger partial charge in [-0.3, -0.25) is 4.79 Å². The molecule has 1 saturated carbocycles. The molecule has 1 aliphatic rings. The molecule has 0 aromatic rings. The molecule has 15 heavy (non-hydrogen) atoms. The van der Waals surface area contributed by atoms with Gasteiger partial charge in [0.15, 0.2) is 0 Å². The second kappa shape index (κ2) is 6.83. The number of rotatable bonds is 8. The third-order valence-corrected chi connectivity index (χ3v) is 2.92. The van der Waals surface area contributed by atoms with Crippen molar-refractivity contribution in [3.05, 3.63) is 0 Å². The molecule has 0 heterocycles. The zero-order valence-corrected chi connectivity index (χ0v) is 10.0. The molecular weight excluding hydrogens is 188 g/mol. The van der Waals surface area contributed by atoms with Crippen molar-refractivity contribution in [1.82, 2.24) is 10.6 Å². The molecule has 2 N–H and O–H groups in total. The van der Waals surface area contributed by atoms with Crippen LogP contribution >= 0.6 is 0 Å². The Bertz CT molecular complexity index is 190. The van der Waals surface area contributed by atoms with Gasteiger partial charge in [0.1, 0.15) is 0 Å². The van der Waals surface area contributed by atoms with Gasteiger partial charge in [-0.15, -0.1) is 0 Å². The van der Waals surface area contributed by atoms with Crippen molar-refractivity contribution in [2.75, 3.05) is 13.1 Å². The summed E-state index contributed by atoms with van der Waals surface area (Å²) in [6, 6.07) is -0.0411. The van der Waals surface area contributed by atoms with Gasteiger partial charge >= 0.3 is 0 Å². The van der Waals surface area contributed by atoms with Crippen molar-refractivity contribution in [1.29, 1.82) is 0 Å². The zero-order chi connectivity index (χ0) is 11.1. The fourth-order valence-electron chi connectivity index (χ4n) is 1.54. The summed E-state index contributed by atoms with van der Waals surface area (Å²) in [5.74, 6) is 1.08. The summed E-state index contributed by atoms with van der Waals surface area (Å²) in [4.78, 5) is 11.5. The first-order valence-electron chi connectivity index (χ1n) is 6.25. The number of amides is 1. The van der Waals surface area contributed by atoms with Crippen LogP contribution in [0.15, 0.2) is 0 Å². The van der Waals surface area contributed by atoms with Gasteiger partial charge in [0.2, 0.25) is 5.91 Å². The van der Waals surface area contributed by atoms with Crippen molar-refractivity contribution in [2.45, 2.75) is 52.0 Å². The molecule has 0 aliphatic heterocycles. The van der Waals surface area contributed by atoms with Gasteiger partial charge in [-0.25, -0.2) is 0 Å². The Morgan fingerprint density at radius 2 is 2.13 bits per heavy atom. The summed E-state index contributed by atoms with van der Waals surface area (Å²) in [6.07, 6.45) is 6.20. The normalized spacial score (nSPS) is 17.5. The molecule has 88 valence electrons. The zero-order valence-electron chi connectivity index (χ0n) is 10.0. The van der Waals surface area contributed by atoms with Crippen LogP contribution in [0.5, 0.6) is 0 Å². The van der Waals surface area contributed by atoms with Gasteiger partial charge in [-0.05, 0) is 32.2 Å². The average molecular weight is 212 g/mol. The molecule has 3 heteroatoms. The average Bonchev–Trinajstić information content (AvgIpc) is 3.02. The highest BCUT2D eigenvalue weighted by Crippen LogP contribution is 2.31. The van der Waals surface area contributed by atoms with E-state index >= 15 is 0 Å². The molecule has 0 aromatic carbocycles. The molecule has 3 nitrogen and oxygen atoms in total. The minimum Gasteiger partial charge on any atom is -0.355 e. The van der Waals surface area contributed by atoms with E-state index in [1.165, 1.54) is 19.3 Å². The lowest BCUT2D eigenvalue weighted by atomic mass is 10.2. The number of carbonyl (C=O) groups excluding carboxylic acids is 1. The van der Waals surface area contributed by atoms with E-state index < -0.39 is 0 Å². The van der Waals surface area contributed by atoms with Gasteiger partial charge in [-0.1, -0.05) is 26.2 Å². The highest BCUT2D eigenvalue weighted by molar-refractivity contribution is 5.81. The minimum absolute atomic E-state index is 0.0411. The van der Waals surface area contributed by atoms with Gasteiger partial charge in [0.25, 0.3) is 0 Å². The number of unbranched alkanes of at least 4 members (excludes halogenated alkanes) is 1. The molecule has 0 saturated heterocycles. The lowest BCUT2D eigenvalue weighted by molar-refractivity contribution is -0.122. The van der Waals surface area contributed by atoms with E-state index in [1.54, 1.807) is 0 Å². The maximum absolute atomic E-state index is 11.5. The van der Waals surface area contributed by atoms with Crippen LogP contribution in [0.4, 0.5) is 0 Å². The molecular formula is C12H24N2O. The Labute approximate surface area is 93.0 Å². The maximum Gasteiger partial charge on any atom is 0.236 e. The van der Waals surface area contributed by atoms with Crippen molar-refractivity contribution in [2.24, 2.45) is 5.92 Å². The molecule has 0 radical (unpaired) electrons. The molecule has 1 fully saturated rings. The Balaban J connectivity index is 1.98. The smallest absolute Gasteiger partial charge is 0.236 e. The first kappa shape index (κ1) is 12.5. The number of hydrogen-bond donors (Lipinski definition) is 2. The summed E-state index contributed by atoms with van der Waals surface area (Å²) in [5.41, 5.74) is 0. The number of hydrogen-bond acceptors (Lipinski definition) is 2. The third kappa shape index (κ3) is 5.78. The molecule has 0 spiro atoms. The minimum atomic E-state index is -0.0411. The van der Waals surface area contributed by atoms with Crippen LogP contribution in [0.1, 0.15) is 46.0 Å². The van der Waals surface area contributed by atoms with Crippen LogP contribution in [0.2, 0.25) is 0 Å². The third-order valence-electron chi connectivity index (χ3n) is 2.92. The SMILES string of the molecule is CCCCNC(=O)C(C)NCCC1CC1. The molecule has 1 amide bonds. The molecule has 0 bridgehead atoms. The Morgan fingerprint density at radius 3 is 2.73 bits per heavy atom. The Hall–Kier alpha value is -0.570. The Morgan fingerprint density at radius 1 is 1.40 bits per heavy atom. The highest BCUT2D eigenvalue weighted by Gasteiger charge is 2.21. The number of carbonyl (C=O) groups is 1. The highest BCUT2D eigenvalue weighted by atomic mass is 16.2. The molecule has 0 aromatic heterocycles. The Kier molecular flexibility index (Phi) is 5.69. The quantitative estimate of drug-likeness (QED) is 0.601.